The summed E-state index contributed by atoms with van der Waals surface area (Å²) >= 11 is 7.04. The Morgan fingerprint density at radius 2 is 2.20 bits per heavy atom. The van der Waals surface area contributed by atoms with E-state index in [1.165, 1.54) is 6.07 Å². The first-order chi connectivity index (χ1) is 9.50. The molecule has 6 heteroatoms. The molecule has 0 bridgehead atoms. The minimum atomic E-state index is -0.378. The van der Waals surface area contributed by atoms with Crippen LogP contribution in [0, 0.1) is 5.82 Å². The van der Waals surface area contributed by atoms with Crippen molar-refractivity contribution in [2.45, 2.75) is 32.6 Å². The summed E-state index contributed by atoms with van der Waals surface area (Å²) in [7, 11) is 0. The molecule has 0 aliphatic heterocycles. The number of ketones is 1. The van der Waals surface area contributed by atoms with Crippen LogP contribution in [0.4, 0.5) is 4.39 Å². The van der Waals surface area contributed by atoms with Crippen molar-refractivity contribution in [3.8, 4) is 0 Å². The van der Waals surface area contributed by atoms with Crippen LogP contribution in [0.1, 0.15) is 47.1 Å². The Hall–Kier alpha value is -1.33. The molecule has 2 aromatic rings. The summed E-state index contributed by atoms with van der Waals surface area (Å²) < 4.78 is 17.5. The quantitative estimate of drug-likeness (QED) is 0.774. The number of rotatable bonds is 5. The Kier molecular flexibility index (Phi) is 4.83. The Bertz CT molecular complexity index is 607. The van der Waals surface area contributed by atoms with Gasteiger partial charge in [0.05, 0.1) is 5.69 Å². The van der Waals surface area contributed by atoms with Crippen LogP contribution in [0.3, 0.4) is 0 Å². The normalized spacial score (nSPS) is 11.1. The highest BCUT2D eigenvalue weighted by Gasteiger charge is 2.19. The number of Topliss-reactive ketones (excluding diaryl/α,β-unsaturated/α-hetero) is 1. The van der Waals surface area contributed by atoms with E-state index in [0.717, 1.165) is 11.5 Å². The Morgan fingerprint density at radius 3 is 2.85 bits per heavy atom. The van der Waals surface area contributed by atoms with Crippen LogP contribution in [0.5, 0.6) is 0 Å². The first-order valence-corrected chi connectivity index (χ1v) is 7.44. The second kappa shape index (κ2) is 6.41. The van der Waals surface area contributed by atoms with E-state index in [2.05, 4.69) is 9.59 Å². The van der Waals surface area contributed by atoms with Crippen LogP contribution < -0.4 is 0 Å². The van der Waals surface area contributed by atoms with Gasteiger partial charge in [-0.2, -0.15) is 0 Å². The summed E-state index contributed by atoms with van der Waals surface area (Å²) in [4.78, 5) is 12.8. The van der Waals surface area contributed by atoms with Crippen LogP contribution in [0.25, 0.3) is 0 Å². The summed E-state index contributed by atoms with van der Waals surface area (Å²) in [6, 6.07) is 4.52. The van der Waals surface area contributed by atoms with Crippen LogP contribution >= 0.6 is 23.1 Å². The number of carbonyl (C=O) groups excluding carboxylic acids is 1. The molecule has 0 amide bonds. The van der Waals surface area contributed by atoms with Gasteiger partial charge < -0.3 is 0 Å². The predicted octanol–water partition coefficient (Wildman–Crippen LogP) is 4.27. The second-order valence-electron chi connectivity index (χ2n) is 4.77. The highest BCUT2D eigenvalue weighted by atomic mass is 35.5. The summed E-state index contributed by atoms with van der Waals surface area (Å²) in [5.41, 5.74) is 1.09. The lowest BCUT2D eigenvalue weighted by atomic mass is 10.0. The maximum Gasteiger partial charge on any atom is 0.176 e. The van der Waals surface area contributed by atoms with E-state index in [1.54, 1.807) is 12.1 Å². The molecule has 1 aromatic heterocycles. The van der Waals surface area contributed by atoms with Gasteiger partial charge in [-0.15, -0.1) is 5.10 Å². The van der Waals surface area contributed by atoms with Crippen LogP contribution in [0.2, 0.25) is 5.02 Å². The summed E-state index contributed by atoms with van der Waals surface area (Å²) in [6.45, 7) is 3.92. The topological polar surface area (TPSA) is 42.9 Å². The van der Waals surface area contributed by atoms with Crippen molar-refractivity contribution in [3.05, 3.63) is 45.2 Å². The van der Waals surface area contributed by atoms with Gasteiger partial charge in [-0.25, -0.2) is 4.39 Å². The van der Waals surface area contributed by atoms with Gasteiger partial charge in [0.2, 0.25) is 0 Å². The van der Waals surface area contributed by atoms with Gasteiger partial charge in [0.15, 0.2) is 5.78 Å². The third kappa shape index (κ3) is 3.22. The largest absolute Gasteiger partial charge is 0.293 e. The van der Waals surface area contributed by atoms with Crippen molar-refractivity contribution in [1.29, 1.82) is 0 Å². The average molecular weight is 313 g/mol. The molecule has 0 saturated carbocycles. The Morgan fingerprint density at radius 1 is 1.45 bits per heavy atom. The predicted molar refractivity (Wildman–Crippen MR) is 78.1 cm³/mol. The van der Waals surface area contributed by atoms with Gasteiger partial charge in [-0.1, -0.05) is 36.0 Å². The van der Waals surface area contributed by atoms with Crippen molar-refractivity contribution in [3.63, 3.8) is 0 Å². The molecule has 20 heavy (non-hydrogen) atoms. The van der Waals surface area contributed by atoms with Crippen LogP contribution in [-0.4, -0.2) is 15.4 Å². The first-order valence-electron chi connectivity index (χ1n) is 6.29. The molecule has 106 valence electrons. The zero-order valence-corrected chi connectivity index (χ0v) is 12.8. The van der Waals surface area contributed by atoms with E-state index in [-0.39, 0.29) is 30.4 Å². The highest BCUT2D eigenvalue weighted by molar-refractivity contribution is 7.08. The number of benzene rings is 1. The van der Waals surface area contributed by atoms with Crippen molar-refractivity contribution in [2.24, 2.45) is 0 Å². The fourth-order valence-corrected chi connectivity index (χ4v) is 2.93. The SMILES string of the molecule is CC(C)c1nnsc1C(=O)CCc1c(F)cccc1Cl. The maximum absolute atomic E-state index is 13.6. The highest BCUT2D eigenvalue weighted by Crippen LogP contribution is 2.24. The fourth-order valence-electron chi connectivity index (χ4n) is 1.89. The first kappa shape index (κ1) is 15.1. The summed E-state index contributed by atoms with van der Waals surface area (Å²) in [6.07, 6.45) is 0.476. The smallest absolute Gasteiger partial charge is 0.176 e. The average Bonchev–Trinajstić information content (AvgIpc) is 2.87. The molecule has 0 unspecified atom stereocenters. The monoisotopic (exact) mass is 312 g/mol. The van der Waals surface area contributed by atoms with E-state index in [0.29, 0.717) is 21.2 Å². The number of aromatic nitrogens is 2. The van der Waals surface area contributed by atoms with Crippen molar-refractivity contribution >= 4 is 28.9 Å². The van der Waals surface area contributed by atoms with E-state index in [4.69, 9.17) is 11.6 Å². The number of carbonyl (C=O) groups is 1. The Labute approximate surface area is 125 Å². The van der Waals surface area contributed by atoms with E-state index < -0.39 is 0 Å². The van der Waals surface area contributed by atoms with Gasteiger partial charge >= 0.3 is 0 Å². The number of hydrogen-bond acceptors (Lipinski definition) is 4. The van der Waals surface area contributed by atoms with Crippen LogP contribution in [0.15, 0.2) is 18.2 Å². The maximum atomic E-state index is 13.6. The lowest BCUT2D eigenvalue weighted by molar-refractivity contribution is 0.0985. The zero-order valence-electron chi connectivity index (χ0n) is 11.2. The standard InChI is InChI=1S/C14H14ClFN2OS/c1-8(2)13-14(20-18-17-13)12(19)7-6-9-10(15)4-3-5-11(9)16/h3-5,8H,6-7H2,1-2H3. The van der Waals surface area contributed by atoms with E-state index >= 15 is 0 Å². The van der Waals surface area contributed by atoms with Gasteiger partial charge in [0.25, 0.3) is 0 Å². The van der Waals surface area contributed by atoms with Crippen LogP contribution in [-0.2, 0) is 6.42 Å². The van der Waals surface area contributed by atoms with Gasteiger partial charge in [0.1, 0.15) is 10.7 Å². The molecule has 1 aromatic carbocycles. The van der Waals surface area contributed by atoms with E-state index in [9.17, 15) is 9.18 Å². The summed E-state index contributed by atoms with van der Waals surface area (Å²) in [5, 5.41) is 4.33. The molecule has 0 N–H and O–H groups in total. The second-order valence-corrected chi connectivity index (χ2v) is 5.93. The molecule has 0 radical (unpaired) electrons. The lowest BCUT2D eigenvalue weighted by Gasteiger charge is -2.06. The molecule has 0 fully saturated rings. The molecule has 0 aliphatic rings. The minimum absolute atomic E-state index is 0.0666. The van der Waals surface area contributed by atoms with Crippen molar-refractivity contribution in [1.82, 2.24) is 9.59 Å². The third-order valence-corrected chi connectivity index (χ3v) is 4.11. The fraction of sp³-hybridized carbons (Fsp3) is 0.357. The van der Waals surface area contributed by atoms with Gasteiger partial charge in [0, 0.05) is 17.0 Å². The molecular formula is C14H14ClFN2OS. The number of hydrogen-bond donors (Lipinski definition) is 0. The molecule has 0 atom stereocenters. The molecule has 0 saturated heterocycles. The lowest BCUT2D eigenvalue weighted by Crippen LogP contribution is -2.05. The molecule has 3 nitrogen and oxygen atoms in total. The zero-order chi connectivity index (χ0) is 14.7. The van der Waals surface area contributed by atoms with Crippen molar-refractivity contribution in [2.75, 3.05) is 0 Å². The van der Waals surface area contributed by atoms with Gasteiger partial charge in [-0.05, 0) is 36.0 Å². The number of nitrogens with zero attached hydrogens (tertiary/aromatic N) is 2. The number of halogens is 2. The molecule has 0 aliphatic carbocycles. The van der Waals surface area contributed by atoms with Gasteiger partial charge in [-0.3, -0.25) is 4.79 Å². The van der Waals surface area contributed by atoms with Crippen molar-refractivity contribution < 1.29 is 9.18 Å². The van der Waals surface area contributed by atoms with E-state index in [1.807, 2.05) is 13.8 Å². The third-order valence-electron chi connectivity index (χ3n) is 2.98. The molecule has 1 heterocycles. The minimum Gasteiger partial charge on any atom is -0.293 e. The molecule has 2 rings (SSSR count). The molecule has 0 spiro atoms. The Balaban J connectivity index is 2.11. The molecular weight excluding hydrogens is 299 g/mol. The summed E-state index contributed by atoms with van der Waals surface area (Å²) in [5.74, 6) is -0.301.